The van der Waals surface area contributed by atoms with Gasteiger partial charge in [-0.15, -0.1) is 0 Å². The van der Waals surface area contributed by atoms with Gasteiger partial charge in [0.15, 0.2) is 0 Å². The summed E-state index contributed by atoms with van der Waals surface area (Å²) < 4.78 is 16.4. The lowest BCUT2D eigenvalue weighted by Gasteiger charge is -2.24. The van der Waals surface area contributed by atoms with Gasteiger partial charge in [0.25, 0.3) is 0 Å². The second-order valence-corrected chi connectivity index (χ2v) is 12.0. The molecule has 0 saturated heterocycles. The number of benzene rings is 1. The molecule has 0 radical (unpaired) electrons. The summed E-state index contributed by atoms with van der Waals surface area (Å²) in [6, 6.07) is 11.8. The van der Waals surface area contributed by atoms with Crippen molar-refractivity contribution >= 4 is 8.80 Å². The molecule has 0 aliphatic carbocycles. The molecular weight excluding hydrogens is 400 g/mol. The first-order valence-corrected chi connectivity index (χ1v) is 14.9. The molecule has 1 aromatic rings. The summed E-state index contributed by atoms with van der Waals surface area (Å²) in [7, 11) is 2.77. The van der Waals surface area contributed by atoms with Gasteiger partial charge in [-0.25, -0.2) is 0 Å². The highest BCUT2D eigenvalue weighted by atomic mass is 28.4. The molecule has 0 aromatic heterocycles. The maximum atomic E-state index is 5.47. The lowest BCUT2D eigenvalue weighted by atomic mass is 10.0. The average molecular weight is 451 g/mol. The molecule has 0 fully saturated rings. The van der Waals surface area contributed by atoms with Gasteiger partial charge in [0, 0.05) is 27.4 Å². The van der Waals surface area contributed by atoms with Crippen molar-refractivity contribution in [2.24, 2.45) is 0 Å². The van der Waals surface area contributed by atoms with Crippen molar-refractivity contribution in [3.8, 4) is 0 Å². The zero-order valence-corrected chi connectivity index (χ0v) is 21.8. The Morgan fingerprint density at radius 3 is 1.23 bits per heavy atom. The van der Waals surface area contributed by atoms with E-state index >= 15 is 0 Å². The van der Waals surface area contributed by atoms with Crippen molar-refractivity contribution in [2.45, 2.75) is 115 Å². The molecule has 0 aliphatic heterocycles. The van der Waals surface area contributed by atoms with Gasteiger partial charge in [0.1, 0.15) is 0 Å². The third-order valence-electron chi connectivity index (χ3n) is 6.47. The first-order valence-electron chi connectivity index (χ1n) is 13.0. The number of aryl methyl sites for hydroxylation is 1. The van der Waals surface area contributed by atoms with E-state index in [9.17, 15) is 0 Å². The minimum absolute atomic E-state index is 0.935. The van der Waals surface area contributed by atoms with Crippen LogP contribution in [0.4, 0.5) is 0 Å². The fourth-order valence-corrected chi connectivity index (χ4v) is 6.14. The molecule has 1 rings (SSSR count). The molecule has 1 aromatic carbocycles. The van der Waals surface area contributed by atoms with Crippen molar-refractivity contribution in [1.82, 2.24) is 0 Å². The van der Waals surface area contributed by atoms with Gasteiger partial charge in [-0.2, -0.15) is 0 Å². The van der Waals surface area contributed by atoms with Crippen LogP contribution in [0.3, 0.4) is 0 Å². The van der Waals surface area contributed by atoms with E-state index in [0.29, 0.717) is 0 Å². The van der Waals surface area contributed by atoms with E-state index in [-0.39, 0.29) is 0 Å². The third kappa shape index (κ3) is 14.9. The van der Waals surface area contributed by atoms with Crippen LogP contribution in [0.2, 0.25) is 6.04 Å². The van der Waals surface area contributed by atoms with Crippen LogP contribution in [0, 0.1) is 0 Å². The van der Waals surface area contributed by atoms with Gasteiger partial charge in [0.2, 0.25) is 0 Å². The molecule has 3 nitrogen and oxygen atoms in total. The Labute approximate surface area is 194 Å². The molecule has 0 atom stereocenters. The van der Waals surface area contributed by atoms with Crippen LogP contribution in [0.5, 0.6) is 0 Å². The largest absolute Gasteiger partial charge is 0.500 e. The first kappa shape index (κ1) is 28.3. The normalized spacial score (nSPS) is 11.8. The fourth-order valence-electron chi connectivity index (χ4n) is 4.35. The smallest absolute Gasteiger partial charge is 0.377 e. The molecule has 0 spiro atoms. The highest BCUT2D eigenvalue weighted by Crippen LogP contribution is 2.19. The Balaban J connectivity index is 1.75. The van der Waals surface area contributed by atoms with E-state index in [0.717, 1.165) is 12.5 Å². The summed E-state index contributed by atoms with van der Waals surface area (Å²) in [5, 5.41) is 0. The van der Waals surface area contributed by atoms with E-state index in [1.165, 1.54) is 108 Å². The van der Waals surface area contributed by atoms with Gasteiger partial charge in [-0.3, -0.25) is 0 Å². The van der Waals surface area contributed by atoms with Crippen molar-refractivity contribution in [1.29, 1.82) is 0 Å². The Bertz CT molecular complexity index is 482. The van der Waals surface area contributed by atoms with E-state index in [4.69, 9.17) is 13.3 Å². The van der Waals surface area contributed by atoms with Gasteiger partial charge in [0.05, 0.1) is 0 Å². The number of unbranched alkanes of at least 4 members (excludes halogenated alkanes) is 15. The summed E-state index contributed by atoms with van der Waals surface area (Å²) in [5.41, 5.74) is 1.49. The molecule has 0 aliphatic rings. The summed E-state index contributed by atoms with van der Waals surface area (Å²) >= 11 is 0. The van der Waals surface area contributed by atoms with Crippen molar-refractivity contribution in [3.63, 3.8) is 0 Å². The lowest BCUT2D eigenvalue weighted by molar-refractivity contribution is 0.122. The van der Waals surface area contributed by atoms with Gasteiger partial charge in [-0.1, -0.05) is 120 Å². The second-order valence-electron chi connectivity index (χ2n) is 8.94. The van der Waals surface area contributed by atoms with E-state index in [2.05, 4.69) is 30.3 Å². The Morgan fingerprint density at radius 2 is 0.839 bits per heavy atom. The lowest BCUT2D eigenvalue weighted by Crippen LogP contribution is -2.42. The van der Waals surface area contributed by atoms with E-state index in [1.807, 2.05) is 0 Å². The van der Waals surface area contributed by atoms with Crippen LogP contribution < -0.4 is 0 Å². The monoisotopic (exact) mass is 450 g/mol. The summed E-state index contributed by atoms with van der Waals surface area (Å²) in [5.74, 6) is 0. The molecule has 0 bridgehead atoms. The van der Waals surface area contributed by atoms with Gasteiger partial charge in [-0.05, 0) is 24.8 Å². The number of hydrogen-bond acceptors (Lipinski definition) is 3. The molecule has 0 heterocycles. The van der Waals surface area contributed by atoms with E-state index < -0.39 is 8.80 Å². The fraction of sp³-hybridized carbons (Fsp3) is 0.778. The van der Waals surface area contributed by atoms with Gasteiger partial charge >= 0.3 is 8.80 Å². The summed E-state index contributed by atoms with van der Waals surface area (Å²) in [6.45, 7) is 0. The van der Waals surface area contributed by atoms with Crippen LogP contribution in [0.1, 0.15) is 108 Å². The van der Waals surface area contributed by atoms with Crippen LogP contribution in [0.25, 0.3) is 0 Å². The number of rotatable bonds is 22. The molecule has 0 unspecified atom stereocenters. The van der Waals surface area contributed by atoms with E-state index in [1.54, 1.807) is 21.3 Å². The van der Waals surface area contributed by atoms with Crippen LogP contribution in [-0.2, 0) is 19.7 Å². The minimum atomic E-state index is -2.34. The molecule has 31 heavy (non-hydrogen) atoms. The second kappa shape index (κ2) is 20.0. The van der Waals surface area contributed by atoms with Gasteiger partial charge < -0.3 is 13.3 Å². The maximum Gasteiger partial charge on any atom is 0.500 e. The molecule has 0 N–H and O–H groups in total. The van der Waals surface area contributed by atoms with Crippen LogP contribution in [-0.4, -0.2) is 30.1 Å². The Hall–Kier alpha value is -0.683. The van der Waals surface area contributed by atoms with Crippen molar-refractivity contribution in [3.05, 3.63) is 35.9 Å². The highest BCUT2D eigenvalue weighted by molar-refractivity contribution is 6.60. The quantitative estimate of drug-likeness (QED) is 0.131. The molecular formula is C27H50O3Si. The summed E-state index contributed by atoms with van der Waals surface area (Å²) in [6.07, 6.45) is 23.3. The molecule has 180 valence electrons. The third-order valence-corrected chi connectivity index (χ3v) is 9.31. The highest BCUT2D eigenvalue weighted by Gasteiger charge is 2.36. The maximum absolute atomic E-state index is 5.47. The summed E-state index contributed by atoms with van der Waals surface area (Å²) in [4.78, 5) is 0. The van der Waals surface area contributed by atoms with Crippen molar-refractivity contribution in [2.75, 3.05) is 21.3 Å². The molecule has 0 amide bonds. The first-order chi connectivity index (χ1) is 15.3. The van der Waals surface area contributed by atoms with Crippen LogP contribution in [0.15, 0.2) is 30.3 Å². The Kier molecular flexibility index (Phi) is 18.3. The molecule has 0 saturated carbocycles. The standard InChI is InChI=1S/C27H50O3Si/c1-28-31(29-2,30-3)26-22-17-15-13-11-9-7-5-4-6-8-10-12-14-16-19-23-27-24-20-18-21-25-27/h18,20-21,24-25H,4-17,19,22-23,26H2,1-3H3. The Morgan fingerprint density at radius 1 is 0.484 bits per heavy atom. The predicted octanol–water partition coefficient (Wildman–Crippen LogP) is 8.35. The topological polar surface area (TPSA) is 27.7 Å². The zero-order valence-electron chi connectivity index (χ0n) is 20.8. The zero-order chi connectivity index (χ0) is 22.5. The SMILES string of the molecule is CO[Si](CCCCCCCCCCCCCCCCCCc1ccccc1)(OC)OC. The predicted molar refractivity (Wildman–Crippen MR) is 136 cm³/mol. The molecule has 4 heteroatoms. The van der Waals surface area contributed by atoms with Crippen LogP contribution >= 0.6 is 0 Å². The number of hydrogen-bond donors (Lipinski definition) is 0. The average Bonchev–Trinajstić information content (AvgIpc) is 2.82. The van der Waals surface area contributed by atoms with Crippen molar-refractivity contribution < 1.29 is 13.3 Å². The minimum Gasteiger partial charge on any atom is -0.377 e.